The summed E-state index contributed by atoms with van der Waals surface area (Å²) in [6.45, 7) is 6.70. The van der Waals surface area contributed by atoms with E-state index in [1.807, 2.05) is 6.07 Å². The Morgan fingerprint density at radius 3 is 2.62 bits per heavy atom. The minimum Gasteiger partial charge on any atom is -0.497 e. The number of fused-ring (bicyclic) bond motifs is 1. The number of aromatic nitrogens is 1. The molecule has 1 aliphatic rings. The van der Waals surface area contributed by atoms with Crippen LogP contribution in [0.15, 0.2) is 54.7 Å². The molecule has 4 rings (SSSR count). The number of carbonyl (C=O) groups excluding carboxylic acids is 1. The zero-order valence-electron chi connectivity index (χ0n) is 19.3. The number of ether oxygens (including phenoxy) is 1. The van der Waals surface area contributed by atoms with E-state index in [9.17, 15) is 4.79 Å². The minimum absolute atomic E-state index is 0.0184. The molecule has 0 spiro atoms. The maximum atomic E-state index is 11.3. The van der Waals surface area contributed by atoms with Crippen LogP contribution in [0.5, 0.6) is 5.75 Å². The zero-order chi connectivity index (χ0) is 22.3. The van der Waals surface area contributed by atoms with Crippen LogP contribution in [0.2, 0.25) is 0 Å². The number of nitrogens with one attached hydrogen (secondary N) is 1. The largest absolute Gasteiger partial charge is 0.497 e. The van der Waals surface area contributed by atoms with Crippen molar-refractivity contribution in [2.45, 2.75) is 45.7 Å². The summed E-state index contributed by atoms with van der Waals surface area (Å²) in [5.41, 5.74) is 3.93. The summed E-state index contributed by atoms with van der Waals surface area (Å²) in [5.74, 6) is 1.67. The van der Waals surface area contributed by atoms with E-state index >= 15 is 0 Å². The second kappa shape index (κ2) is 10.7. The smallest absolute Gasteiger partial charge is 0.216 e. The summed E-state index contributed by atoms with van der Waals surface area (Å²) < 4.78 is 7.85. The summed E-state index contributed by atoms with van der Waals surface area (Å²) in [5, 5.41) is 4.15. The van der Waals surface area contributed by atoms with Crippen LogP contribution in [0.3, 0.4) is 0 Å². The van der Waals surface area contributed by atoms with Gasteiger partial charge in [0, 0.05) is 43.7 Å². The Hall–Kier alpha value is -2.79. The number of amides is 1. The Labute approximate surface area is 191 Å². The van der Waals surface area contributed by atoms with Gasteiger partial charge in [-0.2, -0.15) is 0 Å². The summed E-state index contributed by atoms with van der Waals surface area (Å²) in [4.78, 5) is 13.9. The van der Waals surface area contributed by atoms with Gasteiger partial charge in [-0.1, -0.05) is 30.3 Å². The Morgan fingerprint density at radius 1 is 1.12 bits per heavy atom. The number of aryl methyl sites for hydroxylation is 1. The van der Waals surface area contributed by atoms with Gasteiger partial charge in [0.1, 0.15) is 5.75 Å². The fraction of sp³-hybridized carbons (Fsp3) is 0.444. The van der Waals surface area contributed by atoms with Gasteiger partial charge in [0.2, 0.25) is 5.91 Å². The molecule has 0 saturated carbocycles. The highest BCUT2D eigenvalue weighted by molar-refractivity contribution is 5.85. The first-order valence-electron chi connectivity index (χ1n) is 11.8. The SMILES string of the molecule is COc1ccc2c(c1)c(CCNC(C)=O)cn2CCC1CCN(Cc2ccccc2)CC1. The third-order valence-electron chi connectivity index (χ3n) is 6.67. The van der Waals surface area contributed by atoms with E-state index in [0.29, 0.717) is 6.54 Å². The number of hydrogen-bond donors (Lipinski definition) is 1. The molecule has 1 fully saturated rings. The first-order chi connectivity index (χ1) is 15.6. The van der Waals surface area contributed by atoms with Crippen LogP contribution < -0.4 is 10.1 Å². The molecule has 0 aliphatic carbocycles. The van der Waals surface area contributed by atoms with E-state index < -0.39 is 0 Å². The van der Waals surface area contributed by atoms with Crippen molar-refractivity contribution in [1.29, 1.82) is 0 Å². The third kappa shape index (κ3) is 5.71. The maximum absolute atomic E-state index is 11.3. The minimum atomic E-state index is 0.0184. The molecule has 1 aliphatic heterocycles. The second-order valence-corrected chi connectivity index (χ2v) is 8.96. The van der Waals surface area contributed by atoms with Gasteiger partial charge >= 0.3 is 0 Å². The molecule has 1 aromatic heterocycles. The van der Waals surface area contributed by atoms with Crippen molar-refractivity contribution < 1.29 is 9.53 Å². The summed E-state index contributed by atoms with van der Waals surface area (Å²) in [7, 11) is 1.71. The van der Waals surface area contributed by atoms with Gasteiger partial charge in [0.25, 0.3) is 0 Å². The highest BCUT2D eigenvalue weighted by Crippen LogP contribution is 2.28. The summed E-state index contributed by atoms with van der Waals surface area (Å²) in [6, 6.07) is 17.1. The Kier molecular flexibility index (Phi) is 7.48. The molecule has 0 radical (unpaired) electrons. The number of benzene rings is 2. The summed E-state index contributed by atoms with van der Waals surface area (Å²) in [6.07, 6.45) is 6.86. The molecule has 1 saturated heterocycles. The van der Waals surface area contributed by atoms with Crippen LogP contribution in [-0.2, 0) is 24.3 Å². The number of methoxy groups -OCH3 is 1. The predicted octanol–water partition coefficient (Wildman–Crippen LogP) is 4.63. The predicted molar refractivity (Wildman–Crippen MR) is 130 cm³/mol. The van der Waals surface area contributed by atoms with Crippen molar-refractivity contribution in [2.75, 3.05) is 26.7 Å². The van der Waals surface area contributed by atoms with E-state index in [-0.39, 0.29) is 5.91 Å². The van der Waals surface area contributed by atoms with E-state index in [0.717, 1.165) is 31.2 Å². The quantitative estimate of drug-likeness (QED) is 0.535. The van der Waals surface area contributed by atoms with E-state index in [4.69, 9.17) is 4.74 Å². The second-order valence-electron chi connectivity index (χ2n) is 8.96. The fourth-order valence-electron chi connectivity index (χ4n) is 4.83. The molecular weight excluding hydrogens is 398 g/mol. The first kappa shape index (κ1) is 22.4. The van der Waals surface area contributed by atoms with Gasteiger partial charge in [-0.05, 0) is 74.0 Å². The number of piperidine rings is 1. The lowest BCUT2D eigenvalue weighted by Crippen LogP contribution is -2.33. The van der Waals surface area contributed by atoms with E-state index in [2.05, 4.69) is 63.4 Å². The lowest BCUT2D eigenvalue weighted by molar-refractivity contribution is -0.118. The molecule has 170 valence electrons. The molecule has 1 N–H and O–H groups in total. The third-order valence-corrected chi connectivity index (χ3v) is 6.67. The molecule has 32 heavy (non-hydrogen) atoms. The topological polar surface area (TPSA) is 46.5 Å². The standard InChI is InChI=1S/C27H35N3O2/c1-21(31)28-14-10-24-20-30(27-9-8-25(32-2)18-26(24)27)17-13-22-11-15-29(16-12-22)19-23-6-4-3-5-7-23/h3-9,18,20,22H,10-17,19H2,1-2H3,(H,28,31). The van der Waals surface area contributed by atoms with Crippen LogP contribution in [0.25, 0.3) is 10.9 Å². The fourth-order valence-corrected chi connectivity index (χ4v) is 4.83. The Balaban J connectivity index is 1.36. The molecule has 3 aromatic rings. The lowest BCUT2D eigenvalue weighted by atomic mass is 9.93. The molecule has 0 bridgehead atoms. The Morgan fingerprint density at radius 2 is 1.91 bits per heavy atom. The van der Waals surface area contributed by atoms with Crippen molar-refractivity contribution in [1.82, 2.24) is 14.8 Å². The van der Waals surface area contributed by atoms with Crippen molar-refractivity contribution in [3.8, 4) is 5.75 Å². The van der Waals surface area contributed by atoms with Crippen LogP contribution >= 0.6 is 0 Å². The van der Waals surface area contributed by atoms with Gasteiger partial charge in [-0.15, -0.1) is 0 Å². The average Bonchev–Trinajstić information content (AvgIpc) is 3.16. The molecule has 1 amide bonds. The number of likely N-dealkylation sites (tertiary alicyclic amines) is 1. The Bertz CT molecular complexity index is 1020. The highest BCUT2D eigenvalue weighted by Gasteiger charge is 2.20. The molecule has 5 nitrogen and oxygen atoms in total. The normalized spacial score (nSPS) is 15.2. The van der Waals surface area contributed by atoms with Crippen molar-refractivity contribution in [3.05, 3.63) is 65.9 Å². The molecule has 0 unspecified atom stereocenters. The van der Waals surface area contributed by atoms with Gasteiger partial charge in [-0.25, -0.2) is 0 Å². The van der Waals surface area contributed by atoms with Gasteiger partial charge in [0.05, 0.1) is 7.11 Å². The molecular formula is C27H35N3O2. The number of rotatable bonds is 9. The van der Waals surface area contributed by atoms with Gasteiger partial charge < -0.3 is 14.6 Å². The highest BCUT2D eigenvalue weighted by atomic mass is 16.5. The number of carbonyl (C=O) groups is 1. The van der Waals surface area contributed by atoms with Gasteiger partial charge in [-0.3, -0.25) is 9.69 Å². The van der Waals surface area contributed by atoms with Crippen molar-refractivity contribution in [3.63, 3.8) is 0 Å². The lowest BCUT2D eigenvalue weighted by Gasteiger charge is -2.32. The average molecular weight is 434 g/mol. The van der Waals surface area contributed by atoms with Crippen molar-refractivity contribution >= 4 is 16.8 Å². The van der Waals surface area contributed by atoms with Crippen LogP contribution in [-0.4, -0.2) is 42.1 Å². The van der Waals surface area contributed by atoms with Crippen molar-refractivity contribution in [2.24, 2.45) is 5.92 Å². The molecule has 2 aromatic carbocycles. The van der Waals surface area contributed by atoms with Gasteiger partial charge in [0.15, 0.2) is 0 Å². The number of nitrogens with zero attached hydrogens (tertiary/aromatic N) is 2. The zero-order valence-corrected chi connectivity index (χ0v) is 19.3. The first-order valence-corrected chi connectivity index (χ1v) is 11.8. The molecule has 5 heteroatoms. The van der Waals surface area contributed by atoms with E-state index in [1.165, 1.54) is 54.4 Å². The molecule has 0 atom stereocenters. The van der Waals surface area contributed by atoms with Crippen LogP contribution in [0.1, 0.15) is 37.3 Å². The summed E-state index contributed by atoms with van der Waals surface area (Å²) >= 11 is 0. The van der Waals surface area contributed by atoms with Crippen LogP contribution in [0, 0.1) is 5.92 Å². The van der Waals surface area contributed by atoms with E-state index in [1.54, 1.807) is 14.0 Å². The monoisotopic (exact) mass is 433 g/mol. The van der Waals surface area contributed by atoms with Crippen LogP contribution in [0.4, 0.5) is 0 Å². The molecule has 2 heterocycles. The number of hydrogen-bond acceptors (Lipinski definition) is 3. The maximum Gasteiger partial charge on any atom is 0.216 e.